The van der Waals surface area contributed by atoms with Gasteiger partial charge in [-0.05, 0) is 37.2 Å². The number of hydrogen-bond acceptors (Lipinski definition) is 5. The van der Waals surface area contributed by atoms with E-state index in [9.17, 15) is 18.3 Å². The van der Waals surface area contributed by atoms with Crippen LogP contribution >= 0.6 is 0 Å². The van der Waals surface area contributed by atoms with Crippen molar-refractivity contribution in [2.75, 3.05) is 53.1 Å². The van der Waals surface area contributed by atoms with Gasteiger partial charge in [0.05, 0.1) is 17.8 Å². The Kier molecular flexibility index (Phi) is 7.22. The summed E-state index contributed by atoms with van der Waals surface area (Å²) in [6.45, 7) is 2.01. The predicted molar refractivity (Wildman–Crippen MR) is 118 cm³/mol. The molecule has 1 heterocycles. The summed E-state index contributed by atoms with van der Waals surface area (Å²) in [6.07, 6.45) is 4.49. The van der Waals surface area contributed by atoms with Gasteiger partial charge in [-0.15, -0.1) is 0 Å². The molecule has 7 nitrogen and oxygen atoms in total. The second-order valence-corrected chi connectivity index (χ2v) is 11.2. The largest absolute Gasteiger partial charge is 0.389 e. The van der Waals surface area contributed by atoms with E-state index in [-0.39, 0.29) is 12.5 Å². The lowest BCUT2D eigenvalue weighted by atomic mass is 9.76. The molecule has 1 N–H and O–H groups in total. The lowest BCUT2D eigenvalue weighted by molar-refractivity contribution is -0.133. The average Bonchev–Trinajstić information content (AvgIpc) is 2.91. The van der Waals surface area contributed by atoms with Crippen molar-refractivity contribution in [3.05, 3.63) is 35.9 Å². The topological polar surface area (TPSA) is 81.2 Å². The summed E-state index contributed by atoms with van der Waals surface area (Å²) in [5.41, 5.74) is 0.534. The second-order valence-electron chi connectivity index (χ2n) is 9.20. The van der Waals surface area contributed by atoms with Crippen LogP contribution in [0.15, 0.2) is 30.3 Å². The van der Waals surface area contributed by atoms with E-state index >= 15 is 0 Å². The molecule has 1 saturated heterocycles. The van der Waals surface area contributed by atoms with Crippen molar-refractivity contribution in [3.8, 4) is 0 Å². The number of nitrogens with zero attached hydrogens (tertiary/aromatic N) is 3. The third kappa shape index (κ3) is 5.81. The van der Waals surface area contributed by atoms with Gasteiger partial charge in [-0.25, -0.2) is 12.7 Å². The maximum Gasteiger partial charge on any atom is 0.227 e. The van der Waals surface area contributed by atoms with E-state index in [4.69, 9.17) is 0 Å². The fourth-order valence-electron chi connectivity index (χ4n) is 4.80. The minimum absolute atomic E-state index is 0.0738. The van der Waals surface area contributed by atoms with Crippen LogP contribution in [0.25, 0.3) is 0 Å². The van der Waals surface area contributed by atoms with Crippen LogP contribution in [-0.4, -0.2) is 92.2 Å². The molecular formula is C22H35N3O4S. The monoisotopic (exact) mass is 437 g/mol. The van der Waals surface area contributed by atoms with Gasteiger partial charge in [0.25, 0.3) is 0 Å². The van der Waals surface area contributed by atoms with Gasteiger partial charge in [-0.2, -0.15) is 0 Å². The third-order valence-electron chi connectivity index (χ3n) is 6.53. The zero-order valence-electron chi connectivity index (χ0n) is 18.3. The van der Waals surface area contributed by atoms with Gasteiger partial charge in [0.2, 0.25) is 15.9 Å². The fraction of sp³-hybridized carbons (Fsp3) is 0.682. The number of sulfonamides is 1. The van der Waals surface area contributed by atoms with Crippen LogP contribution in [0.3, 0.4) is 0 Å². The van der Waals surface area contributed by atoms with Crippen LogP contribution in [0.2, 0.25) is 0 Å². The molecule has 168 valence electrons. The zero-order chi connectivity index (χ0) is 21.9. The van der Waals surface area contributed by atoms with Crippen LogP contribution in [0, 0.1) is 5.92 Å². The molecule has 1 aliphatic heterocycles. The molecule has 1 unspecified atom stereocenters. The molecule has 1 aromatic carbocycles. The van der Waals surface area contributed by atoms with Crippen molar-refractivity contribution in [1.82, 2.24) is 14.1 Å². The summed E-state index contributed by atoms with van der Waals surface area (Å²) in [5.74, 6) is -0.0313. The number of benzene rings is 1. The van der Waals surface area contributed by atoms with Crippen molar-refractivity contribution in [2.24, 2.45) is 5.92 Å². The normalized spacial score (nSPS) is 29.3. The number of rotatable bonds is 5. The molecule has 0 spiro atoms. The minimum atomic E-state index is -3.38. The van der Waals surface area contributed by atoms with E-state index < -0.39 is 21.5 Å². The molecule has 8 heteroatoms. The molecule has 1 saturated carbocycles. The number of β-amino-alcohol motifs (C(OH)–C–C–N with tert-alkyl or cyclic N) is 1. The summed E-state index contributed by atoms with van der Waals surface area (Å²) in [7, 11) is 0.0128. The molecule has 1 amide bonds. The minimum Gasteiger partial charge on any atom is -0.389 e. The van der Waals surface area contributed by atoms with Crippen molar-refractivity contribution in [2.45, 2.75) is 37.2 Å². The highest BCUT2D eigenvalue weighted by Crippen LogP contribution is 2.38. The highest BCUT2D eigenvalue weighted by atomic mass is 32.2. The summed E-state index contributed by atoms with van der Waals surface area (Å²) < 4.78 is 25.7. The van der Waals surface area contributed by atoms with Crippen LogP contribution in [0.1, 0.15) is 37.2 Å². The summed E-state index contributed by atoms with van der Waals surface area (Å²) in [4.78, 5) is 16.3. The van der Waals surface area contributed by atoms with Gasteiger partial charge >= 0.3 is 0 Å². The number of carbonyl (C=O) groups excluding carboxylic acids is 1. The number of carbonyl (C=O) groups is 1. The van der Waals surface area contributed by atoms with Gasteiger partial charge < -0.3 is 10.0 Å². The van der Waals surface area contributed by atoms with E-state index in [2.05, 4.69) is 29.2 Å². The molecule has 1 aliphatic carbocycles. The van der Waals surface area contributed by atoms with Gasteiger partial charge in [0, 0.05) is 46.8 Å². The molecule has 30 heavy (non-hydrogen) atoms. The molecule has 0 radical (unpaired) electrons. The van der Waals surface area contributed by atoms with Crippen LogP contribution < -0.4 is 0 Å². The summed E-state index contributed by atoms with van der Waals surface area (Å²) in [5, 5.41) is 11.3. The molecule has 1 aromatic rings. The zero-order valence-corrected chi connectivity index (χ0v) is 19.1. The first-order valence-corrected chi connectivity index (χ1v) is 12.6. The first-order valence-electron chi connectivity index (χ1n) is 10.7. The van der Waals surface area contributed by atoms with E-state index in [1.54, 1.807) is 14.1 Å². The fourth-order valence-corrected chi connectivity index (χ4v) is 5.67. The van der Waals surface area contributed by atoms with Gasteiger partial charge in [-0.1, -0.05) is 30.3 Å². The molecule has 3 rings (SSSR count). The Balaban J connectivity index is 1.66. The lowest BCUT2D eigenvalue weighted by Crippen LogP contribution is -2.48. The second kappa shape index (κ2) is 9.34. The average molecular weight is 438 g/mol. The first kappa shape index (κ1) is 23.2. The molecule has 1 atom stereocenters. The predicted octanol–water partition coefficient (Wildman–Crippen LogP) is 1.36. The molecule has 2 fully saturated rings. The van der Waals surface area contributed by atoms with E-state index in [1.807, 2.05) is 6.07 Å². The number of amides is 1. The van der Waals surface area contributed by atoms with Crippen molar-refractivity contribution in [3.63, 3.8) is 0 Å². The Labute approximate surface area is 180 Å². The Hall–Kier alpha value is -1.48. The summed E-state index contributed by atoms with van der Waals surface area (Å²) in [6, 6.07) is 10.4. The van der Waals surface area contributed by atoms with Crippen LogP contribution in [0.4, 0.5) is 0 Å². The van der Waals surface area contributed by atoms with Gasteiger partial charge in [0.15, 0.2) is 0 Å². The Morgan fingerprint density at radius 2 is 1.77 bits per heavy atom. The highest BCUT2D eigenvalue weighted by Gasteiger charge is 2.38. The first-order chi connectivity index (χ1) is 14.1. The smallest absolute Gasteiger partial charge is 0.227 e. The van der Waals surface area contributed by atoms with Crippen LogP contribution in [-0.2, 0) is 14.8 Å². The van der Waals surface area contributed by atoms with Gasteiger partial charge in [-0.3, -0.25) is 9.69 Å². The quantitative estimate of drug-likeness (QED) is 0.752. The standard InChI is InChI=1S/C22H35N3O4S/c1-23(2)21(26)20-15-24(13-14-25(16-20)30(3,28)29)17-22(27)11-9-19(10-12-22)18-7-5-4-6-8-18/h4-8,19-20,27H,9-17H2,1-3H3. The Bertz CT molecular complexity index is 820. The Morgan fingerprint density at radius 3 is 2.33 bits per heavy atom. The summed E-state index contributed by atoms with van der Waals surface area (Å²) >= 11 is 0. The van der Waals surface area contributed by atoms with Crippen molar-refractivity contribution >= 4 is 15.9 Å². The molecular weight excluding hydrogens is 402 g/mol. The van der Waals surface area contributed by atoms with E-state index in [1.165, 1.54) is 21.0 Å². The van der Waals surface area contributed by atoms with E-state index in [0.29, 0.717) is 44.9 Å². The van der Waals surface area contributed by atoms with Crippen molar-refractivity contribution in [1.29, 1.82) is 0 Å². The SMILES string of the molecule is CN(C)C(=O)C1CN(CC2(O)CCC(c3ccccc3)CC2)CCN(S(C)(=O)=O)C1. The Morgan fingerprint density at radius 1 is 1.13 bits per heavy atom. The molecule has 0 aromatic heterocycles. The molecule has 2 aliphatic rings. The van der Waals surface area contributed by atoms with Gasteiger partial charge in [0.1, 0.15) is 0 Å². The number of aliphatic hydroxyl groups is 1. The molecule has 0 bridgehead atoms. The maximum atomic E-state index is 12.7. The third-order valence-corrected chi connectivity index (χ3v) is 7.80. The highest BCUT2D eigenvalue weighted by molar-refractivity contribution is 7.88. The maximum absolute atomic E-state index is 12.7. The van der Waals surface area contributed by atoms with Crippen LogP contribution in [0.5, 0.6) is 0 Å². The van der Waals surface area contributed by atoms with Crippen molar-refractivity contribution < 1.29 is 18.3 Å². The van der Waals surface area contributed by atoms with E-state index in [0.717, 1.165) is 12.8 Å². The lowest BCUT2D eigenvalue weighted by Gasteiger charge is -2.40. The number of hydrogen-bond donors (Lipinski definition) is 1.